The lowest BCUT2D eigenvalue weighted by Crippen LogP contribution is -2.25. The third-order valence-electron chi connectivity index (χ3n) is 3.01. The van der Waals surface area contributed by atoms with Gasteiger partial charge in [-0.05, 0) is 37.6 Å². The van der Waals surface area contributed by atoms with Gasteiger partial charge in [0, 0.05) is 17.5 Å². The Morgan fingerprint density at radius 1 is 1.33 bits per heavy atom. The van der Waals surface area contributed by atoms with E-state index >= 15 is 0 Å². The number of hydrogen-bond acceptors (Lipinski definition) is 4. The Bertz CT molecular complexity index is 467. The van der Waals surface area contributed by atoms with Crippen molar-refractivity contribution in [2.24, 2.45) is 0 Å². The molecule has 0 saturated heterocycles. The molecular formula is C16H23N3OS. The zero-order chi connectivity index (χ0) is 15.5. The van der Waals surface area contributed by atoms with Crippen LogP contribution < -0.4 is 10.6 Å². The monoisotopic (exact) mass is 305 g/mol. The van der Waals surface area contributed by atoms with Gasteiger partial charge < -0.3 is 10.6 Å². The van der Waals surface area contributed by atoms with E-state index in [0.717, 1.165) is 17.9 Å². The van der Waals surface area contributed by atoms with Crippen molar-refractivity contribution in [2.75, 3.05) is 18.8 Å². The first kappa shape index (κ1) is 17.5. The Morgan fingerprint density at radius 3 is 2.67 bits per heavy atom. The summed E-state index contributed by atoms with van der Waals surface area (Å²) in [5, 5.41) is 14.6. The number of nitriles is 1. The highest BCUT2D eigenvalue weighted by atomic mass is 32.2. The van der Waals surface area contributed by atoms with E-state index in [1.165, 1.54) is 17.3 Å². The number of carbonyl (C=O) groups is 1. The van der Waals surface area contributed by atoms with Crippen molar-refractivity contribution >= 4 is 17.7 Å². The number of nitrogens with zero attached hydrogens (tertiary/aromatic N) is 1. The maximum absolute atomic E-state index is 11.5. The number of benzene rings is 1. The van der Waals surface area contributed by atoms with E-state index in [-0.39, 0.29) is 5.91 Å². The molecule has 1 aromatic rings. The highest BCUT2D eigenvalue weighted by molar-refractivity contribution is 8.00. The SMILES string of the molecule is CCCNC(C)c1ccc(SCC(=O)NCCC#N)cc1. The normalized spacial score (nSPS) is 11.7. The first-order chi connectivity index (χ1) is 10.2. The fraction of sp³-hybridized carbons (Fsp3) is 0.500. The van der Waals surface area contributed by atoms with Gasteiger partial charge in [-0.25, -0.2) is 0 Å². The van der Waals surface area contributed by atoms with Crippen LogP contribution in [-0.4, -0.2) is 24.7 Å². The maximum Gasteiger partial charge on any atom is 0.230 e. The molecule has 4 nitrogen and oxygen atoms in total. The molecule has 0 aliphatic rings. The molecule has 0 spiro atoms. The van der Waals surface area contributed by atoms with Crippen molar-refractivity contribution in [1.29, 1.82) is 5.26 Å². The summed E-state index contributed by atoms with van der Waals surface area (Å²) in [7, 11) is 0. The highest BCUT2D eigenvalue weighted by Crippen LogP contribution is 2.20. The Morgan fingerprint density at radius 2 is 2.05 bits per heavy atom. The van der Waals surface area contributed by atoms with Gasteiger partial charge in [-0.15, -0.1) is 11.8 Å². The van der Waals surface area contributed by atoms with Gasteiger partial charge in [0.25, 0.3) is 0 Å². The number of amides is 1. The topological polar surface area (TPSA) is 64.9 Å². The first-order valence-electron chi connectivity index (χ1n) is 7.27. The van der Waals surface area contributed by atoms with Crippen LogP contribution >= 0.6 is 11.8 Å². The molecule has 1 amide bonds. The molecular weight excluding hydrogens is 282 g/mol. The fourth-order valence-electron chi connectivity index (χ4n) is 1.79. The highest BCUT2D eigenvalue weighted by Gasteiger charge is 2.05. The molecule has 114 valence electrons. The number of hydrogen-bond donors (Lipinski definition) is 2. The van der Waals surface area contributed by atoms with Crippen molar-refractivity contribution < 1.29 is 4.79 Å². The van der Waals surface area contributed by atoms with Crippen molar-refractivity contribution in [3.63, 3.8) is 0 Å². The quantitative estimate of drug-likeness (QED) is 0.544. The summed E-state index contributed by atoms with van der Waals surface area (Å²) < 4.78 is 0. The molecule has 0 bridgehead atoms. The van der Waals surface area contributed by atoms with Crippen LogP contribution in [0.15, 0.2) is 29.2 Å². The van der Waals surface area contributed by atoms with E-state index in [0.29, 0.717) is 24.8 Å². The van der Waals surface area contributed by atoms with Crippen molar-refractivity contribution in [1.82, 2.24) is 10.6 Å². The molecule has 1 aromatic carbocycles. The van der Waals surface area contributed by atoms with E-state index in [1.807, 2.05) is 18.2 Å². The minimum atomic E-state index is -0.0303. The van der Waals surface area contributed by atoms with Crippen LogP contribution in [0, 0.1) is 11.3 Å². The first-order valence-corrected chi connectivity index (χ1v) is 8.25. The summed E-state index contributed by atoms with van der Waals surface area (Å²) in [6, 6.07) is 10.6. The molecule has 0 heterocycles. The van der Waals surface area contributed by atoms with Gasteiger partial charge in [-0.3, -0.25) is 4.79 Å². The molecule has 0 aromatic heterocycles. The number of rotatable bonds is 9. The summed E-state index contributed by atoms with van der Waals surface area (Å²) in [5.74, 6) is 0.353. The third kappa shape index (κ3) is 7.16. The summed E-state index contributed by atoms with van der Waals surface area (Å²) in [6.07, 6.45) is 1.48. The zero-order valence-electron chi connectivity index (χ0n) is 12.7. The molecule has 0 aliphatic carbocycles. The van der Waals surface area contributed by atoms with Gasteiger partial charge in [-0.2, -0.15) is 5.26 Å². The van der Waals surface area contributed by atoms with Gasteiger partial charge in [0.05, 0.1) is 18.2 Å². The minimum Gasteiger partial charge on any atom is -0.354 e. The zero-order valence-corrected chi connectivity index (χ0v) is 13.5. The Kier molecular flexibility index (Phi) is 8.56. The summed E-state index contributed by atoms with van der Waals surface area (Å²) >= 11 is 1.51. The van der Waals surface area contributed by atoms with E-state index < -0.39 is 0 Å². The number of nitrogens with one attached hydrogen (secondary N) is 2. The van der Waals surface area contributed by atoms with Gasteiger partial charge in [0.1, 0.15) is 0 Å². The third-order valence-corrected chi connectivity index (χ3v) is 4.02. The number of thioether (sulfide) groups is 1. The summed E-state index contributed by atoms with van der Waals surface area (Å²) in [5.41, 5.74) is 1.26. The van der Waals surface area contributed by atoms with E-state index in [2.05, 4.69) is 36.6 Å². The molecule has 1 rings (SSSR count). The van der Waals surface area contributed by atoms with Crippen molar-refractivity contribution in [2.45, 2.75) is 37.6 Å². The molecule has 0 saturated carbocycles. The van der Waals surface area contributed by atoms with E-state index in [9.17, 15) is 4.79 Å². The second-order valence-corrected chi connectivity index (χ2v) is 5.84. The second-order valence-electron chi connectivity index (χ2n) is 4.79. The molecule has 0 fully saturated rings. The molecule has 5 heteroatoms. The Hall–Kier alpha value is -1.51. The molecule has 0 aliphatic heterocycles. The van der Waals surface area contributed by atoms with Crippen LogP contribution in [0.25, 0.3) is 0 Å². The van der Waals surface area contributed by atoms with E-state index in [4.69, 9.17) is 5.26 Å². The van der Waals surface area contributed by atoms with Gasteiger partial charge in [0.2, 0.25) is 5.91 Å². The van der Waals surface area contributed by atoms with Crippen LogP contribution in [0.3, 0.4) is 0 Å². The van der Waals surface area contributed by atoms with Gasteiger partial charge >= 0.3 is 0 Å². The largest absolute Gasteiger partial charge is 0.354 e. The predicted octanol–water partition coefficient (Wildman–Crippen LogP) is 2.87. The Labute approximate surface area is 131 Å². The van der Waals surface area contributed by atoms with Crippen molar-refractivity contribution in [3.8, 4) is 6.07 Å². The summed E-state index contributed by atoms with van der Waals surface area (Å²) in [4.78, 5) is 12.6. The molecule has 21 heavy (non-hydrogen) atoms. The van der Waals surface area contributed by atoms with Crippen LogP contribution in [-0.2, 0) is 4.79 Å². The lowest BCUT2D eigenvalue weighted by molar-refractivity contribution is -0.118. The maximum atomic E-state index is 11.5. The molecule has 1 unspecified atom stereocenters. The average Bonchev–Trinajstić information content (AvgIpc) is 2.51. The lowest BCUT2D eigenvalue weighted by atomic mass is 10.1. The fourth-order valence-corrected chi connectivity index (χ4v) is 2.52. The van der Waals surface area contributed by atoms with E-state index in [1.54, 1.807) is 0 Å². The number of carbonyl (C=O) groups excluding carboxylic acids is 1. The minimum absolute atomic E-state index is 0.0303. The van der Waals surface area contributed by atoms with Crippen LogP contribution in [0.5, 0.6) is 0 Å². The summed E-state index contributed by atoms with van der Waals surface area (Å²) in [6.45, 7) is 5.75. The van der Waals surface area contributed by atoms with Crippen LogP contribution in [0.2, 0.25) is 0 Å². The average molecular weight is 305 g/mol. The standard InChI is InChI=1S/C16H23N3OS/c1-3-10-18-13(2)14-5-7-15(8-6-14)21-12-16(20)19-11-4-9-17/h5-8,13,18H,3-4,10-12H2,1-2H3,(H,19,20). The predicted molar refractivity (Wildman–Crippen MR) is 87.1 cm³/mol. The lowest BCUT2D eigenvalue weighted by Gasteiger charge is -2.14. The molecule has 2 N–H and O–H groups in total. The molecule has 1 atom stereocenters. The molecule has 0 radical (unpaired) electrons. The Balaban J connectivity index is 2.37. The van der Waals surface area contributed by atoms with Crippen LogP contribution in [0.1, 0.15) is 38.3 Å². The van der Waals surface area contributed by atoms with Gasteiger partial charge in [-0.1, -0.05) is 19.1 Å². The van der Waals surface area contributed by atoms with Crippen LogP contribution in [0.4, 0.5) is 0 Å². The second kappa shape index (κ2) is 10.3. The smallest absolute Gasteiger partial charge is 0.230 e. The van der Waals surface area contributed by atoms with Crippen molar-refractivity contribution in [3.05, 3.63) is 29.8 Å². The van der Waals surface area contributed by atoms with Gasteiger partial charge in [0.15, 0.2) is 0 Å².